The van der Waals surface area contributed by atoms with Crippen LogP contribution in [0.1, 0.15) is 31.9 Å². The zero-order valence-corrected chi connectivity index (χ0v) is 11.7. The molecular formula is C15H19NO4. The van der Waals surface area contributed by atoms with E-state index in [1.165, 1.54) is 0 Å². The van der Waals surface area contributed by atoms with Gasteiger partial charge in [-0.25, -0.2) is 0 Å². The summed E-state index contributed by atoms with van der Waals surface area (Å²) >= 11 is 0. The summed E-state index contributed by atoms with van der Waals surface area (Å²) in [6.45, 7) is 4.62. The van der Waals surface area contributed by atoms with Crippen LogP contribution in [0.3, 0.4) is 0 Å². The van der Waals surface area contributed by atoms with E-state index in [9.17, 15) is 9.59 Å². The van der Waals surface area contributed by atoms with Crippen LogP contribution in [0.5, 0.6) is 5.75 Å². The third-order valence-corrected chi connectivity index (χ3v) is 3.64. The van der Waals surface area contributed by atoms with Crippen LogP contribution in [0.25, 0.3) is 0 Å². The van der Waals surface area contributed by atoms with Crippen LogP contribution in [0.2, 0.25) is 0 Å². The van der Waals surface area contributed by atoms with Crippen molar-refractivity contribution in [3.05, 3.63) is 29.8 Å². The average molecular weight is 277 g/mol. The van der Waals surface area contributed by atoms with Gasteiger partial charge in [0.15, 0.2) is 0 Å². The van der Waals surface area contributed by atoms with Crippen molar-refractivity contribution >= 4 is 11.9 Å². The highest BCUT2D eigenvalue weighted by Gasteiger charge is 2.37. The van der Waals surface area contributed by atoms with Gasteiger partial charge in [-0.1, -0.05) is 18.2 Å². The Hall–Kier alpha value is -2.04. The largest absolute Gasteiger partial charge is 0.494 e. The predicted molar refractivity (Wildman–Crippen MR) is 73.5 cm³/mol. The number of aliphatic carboxylic acids is 1. The second kappa shape index (κ2) is 5.94. The van der Waals surface area contributed by atoms with Gasteiger partial charge in [0, 0.05) is 18.5 Å². The zero-order chi connectivity index (χ0) is 14.7. The maximum absolute atomic E-state index is 12.0. The molecule has 1 heterocycles. The molecule has 2 rings (SSSR count). The van der Waals surface area contributed by atoms with E-state index in [1.54, 1.807) is 4.90 Å². The lowest BCUT2D eigenvalue weighted by molar-refractivity contribution is -0.141. The summed E-state index contributed by atoms with van der Waals surface area (Å²) in [6.07, 6.45) is 0.0798. The fraction of sp³-hybridized carbons (Fsp3) is 0.467. The van der Waals surface area contributed by atoms with Crippen LogP contribution >= 0.6 is 0 Å². The molecule has 1 aliphatic heterocycles. The van der Waals surface area contributed by atoms with Gasteiger partial charge in [0.05, 0.1) is 18.6 Å². The number of carboxylic acid groups (broad SMARTS) is 1. The molecule has 0 radical (unpaired) electrons. The Kier molecular flexibility index (Phi) is 4.27. The summed E-state index contributed by atoms with van der Waals surface area (Å²) in [7, 11) is 0. The van der Waals surface area contributed by atoms with Gasteiger partial charge >= 0.3 is 5.97 Å². The summed E-state index contributed by atoms with van der Waals surface area (Å²) < 4.78 is 5.57. The van der Waals surface area contributed by atoms with Crippen molar-refractivity contribution in [3.8, 4) is 5.75 Å². The summed E-state index contributed by atoms with van der Waals surface area (Å²) in [5, 5.41) is 9.04. The highest BCUT2D eigenvalue weighted by atomic mass is 16.5. The molecular weight excluding hydrogens is 258 g/mol. The second-order valence-corrected chi connectivity index (χ2v) is 4.93. The van der Waals surface area contributed by atoms with Crippen LogP contribution in [0, 0.1) is 5.92 Å². The first-order valence-corrected chi connectivity index (χ1v) is 6.78. The number of likely N-dealkylation sites (tertiary alicyclic amines) is 1. The summed E-state index contributed by atoms with van der Waals surface area (Å²) in [4.78, 5) is 24.6. The first-order valence-electron chi connectivity index (χ1n) is 6.78. The molecule has 0 saturated carbocycles. The molecule has 1 saturated heterocycles. The molecule has 5 heteroatoms. The molecule has 2 atom stereocenters. The van der Waals surface area contributed by atoms with Gasteiger partial charge in [0.25, 0.3) is 0 Å². The molecule has 0 spiro atoms. The SMILES string of the molecule is CCOc1ccccc1C(C)N1CC(C(=O)O)CC1=O. The fourth-order valence-electron chi connectivity index (χ4n) is 2.55. The number of para-hydroxylation sites is 1. The minimum atomic E-state index is -0.911. The molecule has 1 aliphatic rings. The zero-order valence-electron chi connectivity index (χ0n) is 11.7. The molecule has 1 aromatic carbocycles. The lowest BCUT2D eigenvalue weighted by atomic mass is 10.1. The van der Waals surface area contributed by atoms with E-state index in [1.807, 2.05) is 38.1 Å². The molecule has 0 aromatic heterocycles. The Labute approximate surface area is 118 Å². The molecule has 2 unspecified atom stereocenters. The Bertz CT molecular complexity index is 514. The van der Waals surface area contributed by atoms with Crippen LogP contribution in [-0.2, 0) is 9.59 Å². The highest BCUT2D eigenvalue weighted by Crippen LogP contribution is 2.33. The predicted octanol–water partition coefficient (Wildman–Crippen LogP) is 2.08. The summed E-state index contributed by atoms with van der Waals surface area (Å²) in [6, 6.07) is 7.37. The minimum Gasteiger partial charge on any atom is -0.494 e. The Morgan fingerprint density at radius 1 is 1.50 bits per heavy atom. The Morgan fingerprint density at radius 3 is 2.80 bits per heavy atom. The number of carboxylic acids is 1. The number of rotatable bonds is 5. The van der Waals surface area contributed by atoms with Gasteiger partial charge in [-0.2, -0.15) is 0 Å². The molecule has 1 amide bonds. The quantitative estimate of drug-likeness (QED) is 0.894. The van der Waals surface area contributed by atoms with Crippen molar-refractivity contribution in [3.63, 3.8) is 0 Å². The molecule has 0 bridgehead atoms. The first-order chi connectivity index (χ1) is 9.54. The van der Waals surface area contributed by atoms with E-state index < -0.39 is 11.9 Å². The molecule has 1 fully saturated rings. The van der Waals surface area contributed by atoms with Crippen LogP contribution < -0.4 is 4.74 Å². The maximum atomic E-state index is 12.0. The first kappa shape index (κ1) is 14.4. The van der Waals surface area contributed by atoms with Gasteiger partial charge in [-0.3, -0.25) is 9.59 Å². The third kappa shape index (κ3) is 2.76. The Balaban J connectivity index is 2.21. The number of amides is 1. The van der Waals surface area contributed by atoms with Crippen LogP contribution in [-0.4, -0.2) is 35.0 Å². The topological polar surface area (TPSA) is 66.8 Å². The highest BCUT2D eigenvalue weighted by molar-refractivity contribution is 5.86. The van der Waals surface area contributed by atoms with Crippen molar-refractivity contribution < 1.29 is 19.4 Å². The van der Waals surface area contributed by atoms with Crippen LogP contribution in [0.15, 0.2) is 24.3 Å². The van der Waals surface area contributed by atoms with Crippen molar-refractivity contribution in [2.75, 3.05) is 13.2 Å². The number of ether oxygens (including phenoxy) is 1. The van der Waals surface area contributed by atoms with Gasteiger partial charge in [0.2, 0.25) is 5.91 Å². The standard InChI is InChI=1S/C15H19NO4/c1-3-20-13-7-5-4-6-12(13)10(2)16-9-11(15(18)19)8-14(16)17/h4-7,10-11H,3,8-9H2,1-2H3,(H,18,19). The van der Waals surface area contributed by atoms with Crippen molar-refractivity contribution in [1.29, 1.82) is 0 Å². The van der Waals surface area contributed by atoms with E-state index in [-0.39, 0.29) is 24.9 Å². The third-order valence-electron chi connectivity index (χ3n) is 3.64. The molecule has 108 valence electrons. The van der Waals surface area contributed by atoms with Crippen LogP contribution in [0.4, 0.5) is 0 Å². The van der Waals surface area contributed by atoms with Crippen molar-refractivity contribution in [1.82, 2.24) is 4.90 Å². The van der Waals surface area contributed by atoms with Gasteiger partial charge in [0.1, 0.15) is 5.75 Å². The number of hydrogen-bond donors (Lipinski definition) is 1. The van der Waals surface area contributed by atoms with Crippen molar-refractivity contribution in [2.45, 2.75) is 26.3 Å². The smallest absolute Gasteiger partial charge is 0.308 e. The molecule has 5 nitrogen and oxygen atoms in total. The molecule has 1 N–H and O–H groups in total. The number of carbonyl (C=O) groups is 2. The average Bonchev–Trinajstić information content (AvgIpc) is 2.81. The van der Waals surface area contributed by atoms with Gasteiger partial charge in [-0.05, 0) is 19.9 Å². The molecule has 0 aliphatic carbocycles. The number of carbonyl (C=O) groups excluding carboxylic acids is 1. The molecule has 20 heavy (non-hydrogen) atoms. The molecule has 1 aromatic rings. The van der Waals surface area contributed by atoms with E-state index in [0.717, 1.165) is 11.3 Å². The number of benzene rings is 1. The normalized spacial score (nSPS) is 20.0. The second-order valence-electron chi connectivity index (χ2n) is 4.93. The number of hydrogen-bond acceptors (Lipinski definition) is 3. The number of nitrogens with zero attached hydrogens (tertiary/aromatic N) is 1. The summed E-state index contributed by atoms with van der Waals surface area (Å²) in [5.74, 6) is -0.888. The summed E-state index contributed by atoms with van der Waals surface area (Å²) in [5.41, 5.74) is 0.911. The van der Waals surface area contributed by atoms with Gasteiger partial charge in [-0.15, -0.1) is 0 Å². The lowest BCUT2D eigenvalue weighted by Crippen LogP contribution is -2.29. The monoisotopic (exact) mass is 277 g/mol. The lowest BCUT2D eigenvalue weighted by Gasteiger charge is -2.26. The van der Waals surface area contributed by atoms with E-state index in [2.05, 4.69) is 0 Å². The Morgan fingerprint density at radius 2 is 2.20 bits per heavy atom. The van der Waals surface area contributed by atoms with E-state index in [0.29, 0.717) is 6.61 Å². The van der Waals surface area contributed by atoms with Crippen molar-refractivity contribution in [2.24, 2.45) is 5.92 Å². The minimum absolute atomic E-state index is 0.0798. The van der Waals surface area contributed by atoms with E-state index in [4.69, 9.17) is 9.84 Å². The van der Waals surface area contributed by atoms with E-state index >= 15 is 0 Å². The fourth-order valence-corrected chi connectivity index (χ4v) is 2.55. The van der Waals surface area contributed by atoms with Gasteiger partial charge < -0.3 is 14.7 Å². The maximum Gasteiger partial charge on any atom is 0.308 e.